The fraction of sp³-hybridized carbons (Fsp3) is 0.105. The van der Waals surface area contributed by atoms with Gasteiger partial charge in [0.1, 0.15) is 0 Å². The summed E-state index contributed by atoms with van der Waals surface area (Å²) in [6.45, 7) is 2.83. The molecule has 5 heteroatoms. The van der Waals surface area contributed by atoms with Gasteiger partial charge in [0.25, 0.3) is 5.70 Å². The van der Waals surface area contributed by atoms with E-state index >= 15 is 0 Å². The third-order valence-electron chi connectivity index (χ3n) is 3.93. The molecule has 0 saturated heterocycles. The second-order valence-corrected chi connectivity index (χ2v) is 5.37. The molecule has 2 aliphatic rings. The number of rotatable bonds is 3. The fourth-order valence-electron chi connectivity index (χ4n) is 2.73. The quantitative estimate of drug-likeness (QED) is 0.484. The minimum atomic E-state index is -0.501. The van der Waals surface area contributed by atoms with E-state index in [0.717, 1.165) is 23.5 Å². The summed E-state index contributed by atoms with van der Waals surface area (Å²) in [5.74, 6) is -0.235. The fourth-order valence-corrected chi connectivity index (χ4v) is 2.73. The van der Waals surface area contributed by atoms with Gasteiger partial charge >= 0.3 is 0 Å². The molecule has 0 aromatic heterocycles. The molecule has 1 aliphatic carbocycles. The molecule has 5 nitrogen and oxygen atoms in total. The summed E-state index contributed by atoms with van der Waals surface area (Å²) in [4.78, 5) is 24.4. The highest BCUT2D eigenvalue weighted by Crippen LogP contribution is 2.30. The van der Waals surface area contributed by atoms with Crippen LogP contribution in [0.15, 0.2) is 77.7 Å². The van der Waals surface area contributed by atoms with Gasteiger partial charge in [-0.3, -0.25) is 14.9 Å². The average molecular weight is 320 g/mol. The maximum absolute atomic E-state index is 11.9. The van der Waals surface area contributed by atoms with Crippen molar-refractivity contribution >= 4 is 17.5 Å². The van der Waals surface area contributed by atoms with Gasteiger partial charge < -0.3 is 4.90 Å². The molecule has 0 atom stereocenters. The maximum atomic E-state index is 11.9. The number of anilines is 1. The first-order valence-electron chi connectivity index (χ1n) is 7.65. The molecule has 0 radical (unpaired) electrons. The van der Waals surface area contributed by atoms with Gasteiger partial charge in [-0.05, 0) is 42.9 Å². The zero-order chi connectivity index (χ0) is 17.1. The number of benzene rings is 1. The number of nitro groups is 1. The summed E-state index contributed by atoms with van der Waals surface area (Å²) in [6.07, 6.45) is 11.2. The van der Waals surface area contributed by atoms with E-state index in [2.05, 4.69) is 11.8 Å². The van der Waals surface area contributed by atoms with Crippen molar-refractivity contribution in [1.29, 1.82) is 0 Å². The number of fused-ring (bicyclic) bond motifs is 1. The number of hydrogen-bond donors (Lipinski definition) is 0. The van der Waals surface area contributed by atoms with Crippen LogP contribution >= 0.6 is 0 Å². The first-order chi connectivity index (χ1) is 11.6. The van der Waals surface area contributed by atoms with E-state index in [4.69, 9.17) is 0 Å². The van der Waals surface area contributed by atoms with E-state index in [-0.39, 0.29) is 11.5 Å². The van der Waals surface area contributed by atoms with E-state index < -0.39 is 4.92 Å². The Hall–Kier alpha value is -3.21. The van der Waals surface area contributed by atoms with Crippen molar-refractivity contribution in [2.45, 2.75) is 6.92 Å². The Bertz CT molecular complexity index is 857. The van der Waals surface area contributed by atoms with Gasteiger partial charge in [-0.2, -0.15) is 0 Å². The Morgan fingerprint density at radius 2 is 1.92 bits per heavy atom. The molecular weight excluding hydrogens is 304 g/mol. The van der Waals surface area contributed by atoms with Crippen LogP contribution in [0.1, 0.15) is 12.5 Å². The van der Waals surface area contributed by atoms with Gasteiger partial charge in [-0.25, -0.2) is 0 Å². The molecule has 1 aromatic carbocycles. The van der Waals surface area contributed by atoms with Crippen LogP contribution in [0, 0.1) is 10.1 Å². The number of para-hydroxylation sites is 1. The third-order valence-corrected chi connectivity index (χ3v) is 3.93. The maximum Gasteiger partial charge on any atom is 0.270 e. The van der Waals surface area contributed by atoms with Crippen molar-refractivity contribution in [3.05, 3.63) is 93.4 Å². The van der Waals surface area contributed by atoms with Crippen LogP contribution in [0.2, 0.25) is 0 Å². The summed E-state index contributed by atoms with van der Waals surface area (Å²) < 4.78 is 0. The van der Waals surface area contributed by atoms with Gasteiger partial charge in [-0.1, -0.05) is 24.3 Å². The average Bonchev–Trinajstić information content (AvgIpc) is 2.60. The van der Waals surface area contributed by atoms with E-state index in [9.17, 15) is 14.9 Å². The third kappa shape index (κ3) is 2.96. The molecule has 1 aliphatic heterocycles. The zero-order valence-corrected chi connectivity index (χ0v) is 13.2. The topological polar surface area (TPSA) is 63.4 Å². The van der Waals surface area contributed by atoms with Crippen molar-refractivity contribution in [2.75, 3.05) is 11.4 Å². The number of allylic oxidation sites excluding steroid dienone is 7. The zero-order valence-electron chi connectivity index (χ0n) is 13.2. The summed E-state index contributed by atoms with van der Waals surface area (Å²) in [7, 11) is 0. The SMILES string of the molecule is CCN1C(=CC=C2C=C([N+](=O)[O-])C=CC2=O)C=Cc2ccccc21. The lowest BCUT2D eigenvalue weighted by atomic mass is 10.0. The lowest BCUT2D eigenvalue weighted by molar-refractivity contribution is -0.419. The van der Waals surface area contributed by atoms with E-state index in [1.807, 2.05) is 42.5 Å². The predicted molar refractivity (Wildman–Crippen MR) is 93.9 cm³/mol. The summed E-state index contributed by atoms with van der Waals surface area (Å²) in [5, 5.41) is 10.9. The lowest BCUT2D eigenvalue weighted by Gasteiger charge is -2.29. The van der Waals surface area contributed by atoms with E-state index in [1.165, 1.54) is 18.2 Å². The van der Waals surface area contributed by atoms with Crippen LogP contribution in [0.3, 0.4) is 0 Å². The Labute approximate surface area is 139 Å². The summed E-state index contributed by atoms with van der Waals surface area (Å²) in [5.41, 5.74) is 3.39. The number of nitrogens with zero attached hydrogens (tertiary/aromatic N) is 2. The molecule has 1 heterocycles. The number of ketones is 1. The first-order valence-corrected chi connectivity index (χ1v) is 7.65. The number of carbonyl (C=O) groups excluding carboxylic acids is 1. The van der Waals surface area contributed by atoms with Crippen LogP contribution in [-0.2, 0) is 4.79 Å². The lowest BCUT2D eigenvalue weighted by Crippen LogP contribution is -2.23. The normalized spacial score (nSPS) is 19.6. The van der Waals surface area contributed by atoms with Crippen LogP contribution in [0.4, 0.5) is 5.69 Å². The number of hydrogen-bond acceptors (Lipinski definition) is 4. The molecule has 0 N–H and O–H groups in total. The van der Waals surface area contributed by atoms with E-state index in [1.54, 1.807) is 6.08 Å². The van der Waals surface area contributed by atoms with Gasteiger partial charge in [0, 0.05) is 35.7 Å². The Morgan fingerprint density at radius 3 is 2.67 bits per heavy atom. The van der Waals surface area contributed by atoms with Crippen molar-refractivity contribution < 1.29 is 9.72 Å². The monoisotopic (exact) mass is 320 g/mol. The smallest absolute Gasteiger partial charge is 0.270 e. The van der Waals surface area contributed by atoms with Gasteiger partial charge in [0.2, 0.25) is 0 Å². The van der Waals surface area contributed by atoms with Crippen molar-refractivity contribution in [3.8, 4) is 0 Å². The molecule has 1 aromatic rings. The summed E-state index contributed by atoms with van der Waals surface area (Å²) in [6, 6.07) is 8.07. The molecular formula is C19H16N2O3. The molecule has 0 bridgehead atoms. The van der Waals surface area contributed by atoms with Crippen LogP contribution in [-0.4, -0.2) is 17.3 Å². The Kier molecular flexibility index (Phi) is 4.24. The molecule has 0 fully saturated rings. The second-order valence-electron chi connectivity index (χ2n) is 5.37. The van der Waals surface area contributed by atoms with Crippen molar-refractivity contribution in [3.63, 3.8) is 0 Å². The number of likely N-dealkylation sites (N-methyl/N-ethyl adjacent to an activating group) is 1. The molecule has 0 saturated carbocycles. The Morgan fingerprint density at radius 1 is 1.12 bits per heavy atom. The largest absolute Gasteiger partial charge is 0.341 e. The van der Waals surface area contributed by atoms with Gasteiger partial charge in [0.05, 0.1) is 4.92 Å². The highest BCUT2D eigenvalue weighted by Gasteiger charge is 2.18. The summed E-state index contributed by atoms with van der Waals surface area (Å²) >= 11 is 0. The highest BCUT2D eigenvalue weighted by atomic mass is 16.6. The second kappa shape index (κ2) is 6.50. The standard InChI is InChI=1S/C19H16N2O3/c1-2-20-16(9-7-14-5-3-4-6-18(14)20)10-8-15-13-17(21(23)24)11-12-19(15)22/h3-13H,2H2,1H3. The van der Waals surface area contributed by atoms with Gasteiger partial charge in [-0.15, -0.1) is 0 Å². The highest BCUT2D eigenvalue weighted by molar-refractivity contribution is 6.07. The number of carbonyl (C=O) groups is 1. The van der Waals surface area contributed by atoms with Crippen LogP contribution in [0.25, 0.3) is 6.08 Å². The van der Waals surface area contributed by atoms with Crippen LogP contribution in [0.5, 0.6) is 0 Å². The minimum Gasteiger partial charge on any atom is -0.341 e. The minimum absolute atomic E-state index is 0.0869. The van der Waals surface area contributed by atoms with Gasteiger partial charge in [0.15, 0.2) is 5.78 Å². The molecule has 0 spiro atoms. The predicted octanol–water partition coefficient (Wildman–Crippen LogP) is 3.65. The molecule has 24 heavy (non-hydrogen) atoms. The first kappa shape index (κ1) is 15.7. The molecule has 0 unspecified atom stereocenters. The Balaban J connectivity index is 1.96. The van der Waals surface area contributed by atoms with Crippen LogP contribution < -0.4 is 4.90 Å². The molecule has 3 rings (SSSR count). The molecule has 120 valence electrons. The van der Waals surface area contributed by atoms with E-state index in [0.29, 0.717) is 5.57 Å². The molecule has 0 amide bonds. The van der Waals surface area contributed by atoms with Crippen molar-refractivity contribution in [1.82, 2.24) is 0 Å². The van der Waals surface area contributed by atoms with Crippen molar-refractivity contribution in [2.24, 2.45) is 0 Å².